The van der Waals surface area contributed by atoms with E-state index < -0.39 is 0 Å². The zero-order valence-corrected chi connectivity index (χ0v) is 10.9. The summed E-state index contributed by atoms with van der Waals surface area (Å²) in [5.41, 5.74) is 7.20. The first kappa shape index (κ1) is 11.9. The summed E-state index contributed by atoms with van der Waals surface area (Å²) >= 11 is 0. The van der Waals surface area contributed by atoms with Gasteiger partial charge in [-0.15, -0.1) is 0 Å². The Morgan fingerprint density at radius 1 is 1.33 bits per heavy atom. The molecular weight excluding hydrogens is 222 g/mol. The smallest absolute Gasteiger partial charge is 0.144 e. The number of hydrogen-bond donors (Lipinski definition) is 1. The molecule has 2 N–H and O–H groups in total. The molecule has 2 heteroatoms. The quantitative estimate of drug-likeness (QED) is 0.887. The van der Waals surface area contributed by atoms with Gasteiger partial charge in [0.1, 0.15) is 5.78 Å². The monoisotopic (exact) mass is 243 g/mol. The van der Waals surface area contributed by atoms with Crippen molar-refractivity contribution in [3.63, 3.8) is 0 Å². The van der Waals surface area contributed by atoms with Crippen LogP contribution in [0.1, 0.15) is 44.1 Å². The minimum atomic E-state index is -0.256. The first-order valence-electron chi connectivity index (χ1n) is 6.98. The highest BCUT2D eigenvalue weighted by molar-refractivity contribution is 5.91. The fraction of sp³-hybridized carbons (Fsp3) is 0.562. The summed E-state index contributed by atoms with van der Waals surface area (Å²) in [5.74, 6) is 1.09. The molecule has 2 saturated carbocycles. The molecule has 2 nitrogen and oxygen atoms in total. The minimum Gasteiger partial charge on any atom is -0.327 e. The highest BCUT2D eigenvalue weighted by atomic mass is 16.1. The lowest BCUT2D eigenvalue weighted by Gasteiger charge is -2.27. The Hall–Kier alpha value is -1.15. The zero-order chi connectivity index (χ0) is 12.8. The fourth-order valence-corrected chi connectivity index (χ4v) is 3.48. The van der Waals surface area contributed by atoms with Crippen molar-refractivity contribution in [1.82, 2.24) is 0 Å². The van der Waals surface area contributed by atoms with Gasteiger partial charge in [0.2, 0.25) is 0 Å². The number of nitrogens with two attached hydrogens (primary N) is 1. The van der Waals surface area contributed by atoms with E-state index in [0.29, 0.717) is 11.7 Å². The van der Waals surface area contributed by atoms with Gasteiger partial charge in [-0.25, -0.2) is 0 Å². The summed E-state index contributed by atoms with van der Waals surface area (Å²) in [7, 11) is 0. The highest BCUT2D eigenvalue weighted by Gasteiger charge is 2.53. The van der Waals surface area contributed by atoms with E-state index >= 15 is 0 Å². The third-order valence-electron chi connectivity index (χ3n) is 4.95. The van der Waals surface area contributed by atoms with Crippen molar-refractivity contribution in [3.8, 4) is 0 Å². The molecule has 3 rings (SSSR count). The molecule has 0 radical (unpaired) electrons. The molecule has 1 aromatic rings. The minimum absolute atomic E-state index is 0.0713. The molecule has 4 atom stereocenters. The Balaban J connectivity index is 1.73. The number of benzene rings is 1. The van der Waals surface area contributed by atoms with E-state index in [2.05, 4.69) is 31.2 Å². The summed E-state index contributed by atoms with van der Waals surface area (Å²) in [6.45, 7) is 2.08. The van der Waals surface area contributed by atoms with Crippen LogP contribution in [-0.2, 0) is 4.79 Å². The maximum atomic E-state index is 12.6. The molecule has 96 valence electrons. The highest BCUT2D eigenvalue weighted by Crippen LogP contribution is 2.53. The average molecular weight is 243 g/mol. The van der Waals surface area contributed by atoms with Gasteiger partial charge in [-0.2, -0.15) is 0 Å². The van der Waals surface area contributed by atoms with E-state index in [0.717, 1.165) is 25.7 Å². The SMILES string of the molecule is CC1(C(=O)C2CC2c2ccccc2)CCCC1N. The van der Waals surface area contributed by atoms with E-state index in [1.165, 1.54) is 5.56 Å². The van der Waals surface area contributed by atoms with Gasteiger partial charge in [0.15, 0.2) is 0 Å². The summed E-state index contributed by atoms with van der Waals surface area (Å²) in [6.07, 6.45) is 4.10. The van der Waals surface area contributed by atoms with Crippen molar-refractivity contribution >= 4 is 5.78 Å². The third kappa shape index (κ3) is 1.79. The van der Waals surface area contributed by atoms with E-state index in [1.54, 1.807) is 0 Å². The Kier molecular flexibility index (Phi) is 2.78. The standard InChI is InChI=1S/C16H21NO/c1-16(9-5-8-14(16)17)15(18)13-10-12(13)11-6-3-2-4-7-11/h2-4,6-7,12-14H,5,8-10,17H2,1H3. The van der Waals surface area contributed by atoms with Crippen LogP contribution in [0.4, 0.5) is 0 Å². The van der Waals surface area contributed by atoms with Crippen molar-refractivity contribution in [3.05, 3.63) is 35.9 Å². The molecule has 0 spiro atoms. The van der Waals surface area contributed by atoms with Crippen LogP contribution >= 0.6 is 0 Å². The normalized spacial score (nSPS) is 38.7. The molecule has 2 fully saturated rings. The fourth-order valence-electron chi connectivity index (χ4n) is 3.48. The summed E-state index contributed by atoms with van der Waals surface area (Å²) in [4.78, 5) is 12.6. The Labute approximate surface area is 109 Å². The molecular formula is C16H21NO. The van der Waals surface area contributed by atoms with Crippen LogP contribution < -0.4 is 5.73 Å². The van der Waals surface area contributed by atoms with Gasteiger partial charge in [-0.05, 0) is 30.7 Å². The van der Waals surface area contributed by atoms with E-state index in [9.17, 15) is 4.79 Å². The maximum Gasteiger partial charge on any atom is 0.144 e. The molecule has 2 aliphatic rings. The van der Waals surface area contributed by atoms with Crippen molar-refractivity contribution in [1.29, 1.82) is 0 Å². The second-order valence-corrected chi connectivity index (χ2v) is 6.14. The maximum absolute atomic E-state index is 12.6. The van der Waals surface area contributed by atoms with Gasteiger partial charge in [0.25, 0.3) is 0 Å². The first-order valence-corrected chi connectivity index (χ1v) is 6.98. The van der Waals surface area contributed by atoms with Crippen molar-refractivity contribution < 1.29 is 4.79 Å². The predicted octanol–water partition coefficient (Wildman–Crippen LogP) is 2.88. The number of rotatable bonds is 3. The number of hydrogen-bond acceptors (Lipinski definition) is 2. The lowest BCUT2D eigenvalue weighted by atomic mass is 9.78. The van der Waals surface area contributed by atoms with Crippen LogP contribution in [0.25, 0.3) is 0 Å². The molecule has 4 unspecified atom stereocenters. The van der Waals surface area contributed by atoms with Gasteiger partial charge in [-0.3, -0.25) is 4.79 Å². The van der Waals surface area contributed by atoms with Crippen molar-refractivity contribution in [2.24, 2.45) is 17.1 Å². The van der Waals surface area contributed by atoms with E-state index in [1.807, 2.05) is 6.07 Å². The Morgan fingerprint density at radius 2 is 2.06 bits per heavy atom. The Morgan fingerprint density at radius 3 is 2.67 bits per heavy atom. The molecule has 0 amide bonds. The lowest BCUT2D eigenvalue weighted by Crippen LogP contribution is -2.42. The summed E-state index contributed by atoms with van der Waals surface area (Å²) < 4.78 is 0. The summed E-state index contributed by atoms with van der Waals surface area (Å²) in [6, 6.07) is 10.5. The van der Waals surface area contributed by atoms with E-state index in [-0.39, 0.29) is 17.4 Å². The van der Waals surface area contributed by atoms with Crippen LogP contribution in [0.3, 0.4) is 0 Å². The van der Waals surface area contributed by atoms with Crippen LogP contribution in [0.15, 0.2) is 30.3 Å². The predicted molar refractivity (Wildman–Crippen MR) is 72.2 cm³/mol. The topological polar surface area (TPSA) is 43.1 Å². The number of ketones is 1. The van der Waals surface area contributed by atoms with Crippen molar-refractivity contribution in [2.75, 3.05) is 0 Å². The molecule has 1 aromatic carbocycles. The molecule has 0 bridgehead atoms. The Bertz CT molecular complexity index is 455. The molecule has 0 aromatic heterocycles. The van der Waals surface area contributed by atoms with Crippen LogP contribution in [0.2, 0.25) is 0 Å². The third-order valence-corrected chi connectivity index (χ3v) is 4.95. The van der Waals surface area contributed by atoms with Gasteiger partial charge in [0, 0.05) is 17.4 Å². The second-order valence-electron chi connectivity index (χ2n) is 6.14. The molecule has 0 aliphatic heterocycles. The average Bonchev–Trinajstić information content (AvgIpc) is 3.12. The second kappa shape index (κ2) is 4.20. The van der Waals surface area contributed by atoms with Gasteiger partial charge in [0.05, 0.1) is 0 Å². The molecule has 0 saturated heterocycles. The lowest BCUT2D eigenvalue weighted by molar-refractivity contribution is -0.129. The van der Waals surface area contributed by atoms with Gasteiger partial charge in [-0.1, -0.05) is 43.7 Å². The first-order chi connectivity index (χ1) is 8.63. The zero-order valence-electron chi connectivity index (χ0n) is 10.9. The number of carbonyl (C=O) groups excluding carboxylic acids is 1. The summed E-state index contributed by atoms with van der Waals surface area (Å²) in [5, 5.41) is 0. The van der Waals surface area contributed by atoms with Gasteiger partial charge >= 0.3 is 0 Å². The van der Waals surface area contributed by atoms with Crippen LogP contribution in [-0.4, -0.2) is 11.8 Å². The number of carbonyl (C=O) groups is 1. The van der Waals surface area contributed by atoms with Gasteiger partial charge < -0.3 is 5.73 Å². The van der Waals surface area contributed by atoms with Crippen LogP contribution in [0, 0.1) is 11.3 Å². The number of Topliss-reactive ketones (excluding diaryl/α,β-unsaturated/α-hetero) is 1. The molecule has 2 aliphatic carbocycles. The van der Waals surface area contributed by atoms with E-state index in [4.69, 9.17) is 5.73 Å². The molecule has 18 heavy (non-hydrogen) atoms. The van der Waals surface area contributed by atoms with Crippen molar-refractivity contribution in [2.45, 2.75) is 44.6 Å². The largest absolute Gasteiger partial charge is 0.327 e. The molecule has 0 heterocycles. The van der Waals surface area contributed by atoms with Crippen LogP contribution in [0.5, 0.6) is 0 Å².